The number of carbonyl (C=O) groups is 1. The molecule has 0 spiro atoms. The molecule has 0 aliphatic carbocycles. The van der Waals surface area contributed by atoms with Gasteiger partial charge in [0.15, 0.2) is 0 Å². The van der Waals surface area contributed by atoms with E-state index in [1.807, 2.05) is 67.4 Å². The highest BCUT2D eigenvalue weighted by Gasteiger charge is 2.12. The number of hydrogen-bond acceptors (Lipinski definition) is 5. The Bertz CT molecular complexity index is 919. The van der Waals surface area contributed by atoms with Crippen LogP contribution in [0.3, 0.4) is 0 Å². The fraction of sp³-hybridized carbons (Fsp3) is 0.238. The van der Waals surface area contributed by atoms with E-state index in [1.165, 1.54) is 0 Å². The first-order chi connectivity index (χ1) is 13.5. The molecule has 146 valence electrons. The summed E-state index contributed by atoms with van der Waals surface area (Å²) in [6.45, 7) is 1.64. The molecule has 0 saturated heterocycles. The van der Waals surface area contributed by atoms with Gasteiger partial charge >= 0.3 is 0 Å². The number of ether oxygens (including phenoxy) is 1. The summed E-state index contributed by atoms with van der Waals surface area (Å²) < 4.78 is 6.99. The van der Waals surface area contributed by atoms with Crippen LogP contribution in [-0.2, 0) is 6.54 Å². The molecule has 3 aromatic rings. The lowest BCUT2D eigenvalue weighted by Crippen LogP contribution is -2.18. The van der Waals surface area contributed by atoms with E-state index < -0.39 is 0 Å². The molecule has 1 heterocycles. The van der Waals surface area contributed by atoms with Crippen LogP contribution in [-0.4, -0.2) is 48.3 Å². The number of likely N-dealkylation sites (N-methyl/N-ethyl adjacent to an activating group) is 1. The summed E-state index contributed by atoms with van der Waals surface area (Å²) in [7, 11) is 5.66. The number of rotatable bonds is 8. The molecule has 0 radical (unpaired) electrons. The summed E-state index contributed by atoms with van der Waals surface area (Å²) in [5, 5.41) is 10.5. The highest BCUT2D eigenvalue weighted by atomic mass is 16.5. The van der Waals surface area contributed by atoms with Crippen LogP contribution in [0.5, 0.6) is 5.75 Å². The molecular formula is C21H25N5O2. The van der Waals surface area contributed by atoms with Crippen molar-refractivity contribution in [2.75, 3.05) is 38.4 Å². The van der Waals surface area contributed by atoms with Gasteiger partial charge in [0, 0.05) is 18.4 Å². The molecule has 7 heteroatoms. The van der Waals surface area contributed by atoms with Gasteiger partial charge in [-0.15, -0.1) is 0 Å². The third-order valence-electron chi connectivity index (χ3n) is 4.21. The van der Waals surface area contributed by atoms with Crippen LogP contribution in [0.4, 0.5) is 17.1 Å². The normalized spacial score (nSPS) is 10.7. The maximum Gasteiger partial charge on any atom is 0.257 e. The van der Waals surface area contributed by atoms with Crippen molar-refractivity contribution >= 4 is 23.0 Å². The molecule has 3 rings (SSSR count). The van der Waals surface area contributed by atoms with E-state index in [0.29, 0.717) is 11.3 Å². The Morgan fingerprint density at radius 1 is 1.11 bits per heavy atom. The molecule has 0 aliphatic rings. The van der Waals surface area contributed by atoms with Crippen molar-refractivity contribution < 1.29 is 9.53 Å². The summed E-state index contributed by atoms with van der Waals surface area (Å²) in [5.74, 6) is 0.589. The number of amides is 1. The first kappa shape index (κ1) is 19.4. The van der Waals surface area contributed by atoms with Gasteiger partial charge in [0.2, 0.25) is 0 Å². The van der Waals surface area contributed by atoms with E-state index in [1.54, 1.807) is 19.4 Å². The number of nitrogens with one attached hydrogen (secondary N) is 2. The minimum atomic E-state index is -0.191. The number of para-hydroxylation sites is 1. The molecule has 0 aliphatic heterocycles. The Morgan fingerprint density at radius 2 is 1.86 bits per heavy atom. The molecule has 7 nitrogen and oxygen atoms in total. The summed E-state index contributed by atoms with van der Waals surface area (Å²) in [6, 6.07) is 14.9. The van der Waals surface area contributed by atoms with Gasteiger partial charge in [-0.3, -0.25) is 9.48 Å². The van der Waals surface area contributed by atoms with Gasteiger partial charge in [-0.1, -0.05) is 12.1 Å². The van der Waals surface area contributed by atoms with Crippen molar-refractivity contribution in [1.29, 1.82) is 0 Å². The van der Waals surface area contributed by atoms with Crippen molar-refractivity contribution in [1.82, 2.24) is 14.7 Å². The topological polar surface area (TPSA) is 71.4 Å². The number of methoxy groups -OCH3 is 1. The van der Waals surface area contributed by atoms with Gasteiger partial charge in [-0.05, 0) is 50.5 Å². The lowest BCUT2D eigenvalue weighted by Gasteiger charge is -2.12. The third kappa shape index (κ3) is 5.11. The van der Waals surface area contributed by atoms with Crippen LogP contribution >= 0.6 is 0 Å². The van der Waals surface area contributed by atoms with E-state index in [9.17, 15) is 4.79 Å². The molecule has 2 N–H and O–H groups in total. The number of nitrogens with zero attached hydrogens (tertiary/aromatic N) is 3. The molecule has 0 fully saturated rings. The highest BCUT2D eigenvalue weighted by Crippen LogP contribution is 2.23. The lowest BCUT2D eigenvalue weighted by atomic mass is 10.1. The molecule has 0 atom stereocenters. The Morgan fingerprint density at radius 3 is 2.57 bits per heavy atom. The fourth-order valence-electron chi connectivity index (χ4n) is 2.67. The monoisotopic (exact) mass is 379 g/mol. The van der Waals surface area contributed by atoms with Crippen LogP contribution in [0.15, 0.2) is 60.9 Å². The van der Waals surface area contributed by atoms with E-state index in [-0.39, 0.29) is 5.91 Å². The number of anilines is 3. The second-order valence-corrected chi connectivity index (χ2v) is 6.65. The number of carbonyl (C=O) groups excluding carboxylic acids is 1. The second kappa shape index (κ2) is 9.05. The van der Waals surface area contributed by atoms with Crippen LogP contribution in [0.25, 0.3) is 0 Å². The maximum atomic E-state index is 12.8. The van der Waals surface area contributed by atoms with E-state index >= 15 is 0 Å². The van der Waals surface area contributed by atoms with Gasteiger partial charge in [-0.25, -0.2) is 0 Å². The van der Waals surface area contributed by atoms with Crippen LogP contribution < -0.4 is 15.4 Å². The van der Waals surface area contributed by atoms with E-state index in [4.69, 9.17) is 4.74 Å². The molecule has 2 aromatic carbocycles. The van der Waals surface area contributed by atoms with Crippen molar-refractivity contribution in [3.05, 3.63) is 66.5 Å². The molecule has 0 saturated carbocycles. The molecular weight excluding hydrogens is 354 g/mol. The average Bonchev–Trinajstić information content (AvgIpc) is 3.14. The zero-order valence-corrected chi connectivity index (χ0v) is 16.3. The Hall–Kier alpha value is -3.32. The third-order valence-corrected chi connectivity index (χ3v) is 4.21. The Kier molecular flexibility index (Phi) is 6.29. The summed E-state index contributed by atoms with van der Waals surface area (Å²) >= 11 is 0. The minimum Gasteiger partial charge on any atom is -0.497 e. The average molecular weight is 379 g/mol. The van der Waals surface area contributed by atoms with Gasteiger partial charge in [0.05, 0.1) is 36.8 Å². The maximum absolute atomic E-state index is 12.8. The predicted octanol–water partition coefficient (Wildman–Crippen LogP) is 3.45. The number of hydrogen-bond donors (Lipinski definition) is 2. The molecule has 1 aromatic heterocycles. The standard InChI is InChI=1S/C21H25N5O2/c1-25(2)12-13-26-15-17(14-22-26)24-21(27)19-6-4-5-7-20(19)23-16-8-10-18(28-3)11-9-16/h4-11,14-15,23H,12-13H2,1-3H3,(H,24,27). The van der Waals surface area contributed by atoms with Crippen LogP contribution in [0, 0.1) is 0 Å². The van der Waals surface area contributed by atoms with Gasteiger partial charge in [0.1, 0.15) is 5.75 Å². The first-order valence-corrected chi connectivity index (χ1v) is 9.04. The number of aromatic nitrogens is 2. The first-order valence-electron chi connectivity index (χ1n) is 9.04. The quantitative estimate of drug-likeness (QED) is 0.627. The summed E-state index contributed by atoms with van der Waals surface area (Å²) in [5.41, 5.74) is 2.82. The van der Waals surface area contributed by atoms with Gasteiger partial charge in [0.25, 0.3) is 5.91 Å². The van der Waals surface area contributed by atoms with E-state index in [2.05, 4.69) is 20.6 Å². The zero-order chi connectivity index (χ0) is 19.9. The van der Waals surface area contributed by atoms with Crippen molar-refractivity contribution in [3.8, 4) is 5.75 Å². The Balaban J connectivity index is 1.70. The second-order valence-electron chi connectivity index (χ2n) is 6.65. The largest absolute Gasteiger partial charge is 0.497 e. The highest BCUT2D eigenvalue weighted by molar-refractivity contribution is 6.08. The van der Waals surface area contributed by atoms with Gasteiger partial charge in [-0.2, -0.15) is 5.10 Å². The smallest absolute Gasteiger partial charge is 0.257 e. The van der Waals surface area contributed by atoms with Crippen molar-refractivity contribution in [2.45, 2.75) is 6.54 Å². The number of benzene rings is 2. The SMILES string of the molecule is COc1ccc(Nc2ccccc2C(=O)Nc2cnn(CCN(C)C)c2)cc1. The zero-order valence-electron chi connectivity index (χ0n) is 16.3. The van der Waals surface area contributed by atoms with Crippen LogP contribution in [0.2, 0.25) is 0 Å². The van der Waals surface area contributed by atoms with Crippen molar-refractivity contribution in [3.63, 3.8) is 0 Å². The fourth-order valence-corrected chi connectivity index (χ4v) is 2.67. The minimum absolute atomic E-state index is 0.191. The van der Waals surface area contributed by atoms with Gasteiger partial charge < -0.3 is 20.3 Å². The Labute approximate surface area is 164 Å². The summed E-state index contributed by atoms with van der Waals surface area (Å²) in [6.07, 6.45) is 3.49. The predicted molar refractivity (Wildman–Crippen MR) is 111 cm³/mol. The van der Waals surface area contributed by atoms with E-state index in [0.717, 1.165) is 30.2 Å². The van der Waals surface area contributed by atoms with Crippen molar-refractivity contribution in [2.24, 2.45) is 0 Å². The molecule has 28 heavy (non-hydrogen) atoms. The molecule has 0 bridgehead atoms. The molecule has 0 unspecified atom stereocenters. The summed E-state index contributed by atoms with van der Waals surface area (Å²) in [4.78, 5) is 14.9. The van der Waals surface area contributed by atoms with Crippen LogP contribution in [0.1, 0.15) is 10.4 Å². The lowest BCUT2D eigenvalue weighted by molar-refractivity contribution is 0.102. The molecule has 1 amide bonds.